The van der Waals surface area contributed by atoms with Gasteiger partial charge in [0.15, 0.2) is 0 Å². The predicted molar refractivity (Wildman–Crippen MR) is 105 cm³/mol. The van der Waals surface area contributed by atoms with Gasteiger partial charge in [-0.25, -0.2) is 8.42 Å². The summed E-state index contributed by atoms with van der Waals surface area (Å²) in [5.74, 6) is 0.735. The first-order valence-corrected chi connectivity index (χ1v) is 10.9. The average Bonchev–Trinajstić information content (AvgIpc) is 3.15. The SMILES string of the molecule is COc1ccc(OC)c(S(=O)(=O)Nc2ccccc2SC2CCCC2)c1. The van der Waals surface area contributed by atoms with Crippen molar-refractivity contribution in [3.63, 3.8) is 0 Å². The smallest absolute Gasteiger partial charge is 0.265 e. The molecule has 0 bridgehead atoms. The maximum atomic E-state index is 13.0. The molecule has 0 aliphatic heterocycles. The number of hydrogen-bond acceptors (Lipinski definition) is 5. The second-order valence-corrected chi connectivity index (χ2v) is 9.14. The number of nitrogens with one attached hydrogen (secondary N) is 1. The highest BCUT2D eigenvalue weighted by Crippen LogP contribution is 2.39. The van der Waals surface area contributed by atoms with Crippen LogP contribution in [0.4, 0.5) is 5.69 Å². The van der Waals surface area contributed by atoms with Gasteiger partial charge in [0.25, 0.3) is 10.0 Å². The Hall–Kier alpha value is -1.86. The quantitative estimate of drug-likeness (QED) is 0.748. The molecule has 2 aromatic rings. The van der Waals surface area contributed by atoms with E-state index < -0.39 is 10.0 Å². The van der Waals surface area contributed by atoms with E-state index in [2.05, 4.69) is 4.72 Å². The Labute approximate surface area is 159 Å². The highest BCUT2D eigenvalue weighted by molar-refractivity contribution is 8.00. The van der Waals surface area contributed by atoms with E-state index in [1.54, 1.807) is 30.0 Å². The van der Waals surface area contributed by atoms with Crippen molar-refractivity contribution in [1.29, 1.82) is 0 Å². The van der Waals surface area contributed by atoms with Crippen LogP contribution in [0.3, 0.4) is 0 Å². The lowest BCUT2D eigenvalue weighted by Gasteiger charge is -2.16. The van der Waals surface area contributed by atoms with E-state index >= 15 is 0 Å². The van der Waals surface area contributed by atoms with Gasteiger partial charge in [-0.2, -0.15) is 0 Å². The van der Waals surface area contributed by atoms with Crippen LogP contribution in [0.2, 0.25) is 0 Å². The van der Waals surface area contributed by atoms with Crippen LogP contribution in [0.25, 0.3) is 0 Å². The van der Waals surface area contributed by atoms with Crippen LogP contribution < -0.4 is 14.2 Å². The van der Waals surface area contributed by atoms with Crippen LogP contribution in [0.15, 0.2) is 52.3 Å². The third kappa shape index (κ3) is 4.27. The molecular weight excluding hydrogens is 370 g/mol. The van der Waals surface area contributed by atoms with Gasteiger partial charge in [-0.15, -0.1) is 11.8 Å². The fourth-order valence-electron chi connectivity index (χ4n) is 3.03. The fraction of sp³-hybridized carbons (Fsp3) is 0.368. The average molecular weight is 394 g/mol. The van der Waals surface area contributed by atoms with E-state index in [0.717, 1.165) is 4.90 Å². The van der Waals surface area contributed by atoms with Crippen LogP contribution in [-0.4, -0.2) is 27.9 Å². The monoisotopic (exact) mass is 393 g/mol. The van der Waals surface area contributed by atoms with Crippen LogP contribution in [0.1, 0.15) is 25.7 Å². The summed E-state index contributed by atoms with van der Waals surface area (Å²) in [4.78, 5) is 1.00. The number of sulfonamides is 1. The summed E-state index contributed by atoms with van der Waals surface area (Å²) in [5, 5.41) is 0.548. The van der Waals surface area contributed by atoms with Crippen LogP contribution in [0, 0.1) is 0 Å². The van der Waals surface area contributed by atoms with E-state index in [9.17, 15) is 8.42 Å². The minimum atomic E-state index is -3.81. The maximum absolute atomic E-state index is 13.0. The van der Waals surface area contributed by atoms with Gasteiger partial charge in [-0.3, -0.25) is 4.72 Å². The van der Waals surface area contributed by atoms with Crippen molar-refractivity contribution in [1.82, 2.24) is 0 Å². The van der Waals surface area contributed by atoms with E-state index in [4.69, 9.17) is 9.47 Å². The number of para-hydroxylation sites is 1. The zero-order chi connectivity index (χ0) is 18.6. The first-order chi connectivity index (χ1) is 12.5. The molecule has 1 fully saturated rings. The zero-order valence-electron chi connectivity index (χ0n) is 14.9. The summed E-state index contributed by atoms with van der Waals surface area (Å²) in [6.45, 7) is 0. The number of hydrogen-bond donors (Lipinski definition) is 1. The number of benzene rings is 2. The van der Waals surface area contributed by atoms with Crippen LogP contribution >= 0.6 is 11.8 Å². The van der Waals surface area contributed by atoms with E-state index in [-0.39, 0.29) is 10.6 Å². The molecule has 0 amide bonds. The molecule has 1 N–H and O–H groups in total. The molecule has 1 aliphatic rings. The number of rotatable bonds is 7. The minimum absolute atomic E-state index is 0.0556. The van der Waals surface area contributed by atoms with Gasteiger partial charge >= 0.3 is 0 Å². The zero-order valence-corrected chi connectivity index (χ0v) is 16.5. The van der Waals surface area contributed by atoms with Crippen molar-refractivity contribution in [3.8, 4) is 11.5 Å². The van der Waals surface area contributed by atoms with Crippen molar-refractivity contribution in [2.75, 3.05) is 18.9 Å². The summed E-state index contributed by atoms with van der Waals surface area (Å²) in [6.07, 6.45) is 4.84. The lowest BCUT2D eigenvalue weighted by atomic mass is 10.3. The Morgan fingerprint density at radius 1 is 1.04 bits per heavy atom. The normalized spacial score (nSPS) is 15.0. The predicted octanol–water partition coefficient (Wildman–Crippen LogP) is 4.54. The second-order valence-electron chi connectivity index (χ2n) is 6.14. The number of methoxy groups -OCH3 is 2. The molecule has 0 heterocycles. The van der Waals surface area contributed by atoms with E-state index in [0.29, 0.717) is 16.7 Å². The molecule has 0 unspecified atom stereocenters. The lowest BCUT2D eigenvalue weighted by Crippen LogP contribution is -2.15. The fourth-order valence-corrected chi connectivity index (χ4v) is 5.69. The number of anilines is 1. The summed E-state index contributed by atoms with van der Waals surface area (Å²) in [6, 6.07) is 12.2. The minimum Gasteiger partial charge on any atom is -0.497 e. The van der Waals surface area contributed by atoms with Crippen LogP contribution in [0.5, 0.6) is 11.5 Å². The molecule has 5 nitrogen and oxygen atoms in total. The third-order valence-electron chi connectivity index (χ3n) is 4.39. The molecule has 0 spiro atoms. The molecule has 0 radical (unpaired) electrons. The standard InChI is InChI=1S/C19H23NO4S2/c1-23-14-11-12-17(24-2)19(13-14)26(21,22)20-16-9-5-6-10-18(16)25-15-7-3-4-8-15/h5-6,9-13,15,20H,3-4,7-8H2,1-2H3. The maximum Gasteiger partial charge on any atom is 0.265 e. The van der Waals surface area contributed by atoms with Gasteiger partial charge in [-0.05, 0) is 37.1 Å². The molecule has 26 heavy (non-hydrogen) atoms. The van der Waals surface area contributed by atoms with Crippen molar-refractivity contribution < 1.29 is 17.9 Å². The Morgan fingerprint density at radius 3 is 2.46 bits per heavy atom. The number of ether oxygens (including phenoxy) is 2. The molecule has 140 valence electrons. The van der Waals surface area contributed by atoms with Gasteiger partial charge in [0, 0.05) is 16.2 Å². The van der Waals surface area contributed by atoms with Gasteiger partial charge in [0.1, 0.15) is 16.4 Å². The molecule has 0 aromatic heterocycles. The van der Waals surface area contributed by atoms with Gasteiger partial charge in [0.2, 0.25) is 0 Å². The molecule has 1 aliphatic carbocycles. The Bertz CT molecular complexity index is 862. The second kappa shape index (κ2) is 8.22. The lowest BCUT2D eigenvalue weighted by molar-refractivity contribution is 0.392. The van der Waals surface area contributed by atoms with Crippen molar-refractivity contribution in [3.05, 3.63) is 42.5 Å². The van der Waals surface area contributed by atoms with Crippen molar-refractivity contribution in [2.24, 2.45) is 0 Å². The molecule has 2 aromatic carbocycles. The molecule has 1 saturated carbocycles. The highest BCUT2D eigenvalue weighted by Gasteiger charge is 2.23. The summed E-state index contributed by atoms with van der Waals surface area (Å²) >= 11 is 1.75. The van der Waals surface area contributed by atoms with Gasteiger partial charge in [0.05, 0.1) is 19.9 Å². The summed E-state index contributed by atoms with van der Waals surface area (Å²) in [7, 11) is -0.865. The number of thioether (sulfide) groups is 1. The Kier molecular flexibility index (Phi) is 5.98. The van der Waals surface area contributed by atoms with Crippen LogP contribution in [-0.2, 0) is 10.0 Å². The summed E-state index contributed by atoms with van der Waals surface area (Å²) in [5.41, 5.74) is 0.592. The van der Waals surface area contributed by atoms with E-state index in [1.165, 1.54) is 46.0 Å². The topological polar surface area (TPSA) is 64.6 Å². The molecule has 7 heteroatoms. The van der Waals surface area contributed by atoms with Gasteiger partial charge < -0.3 is 9.47 Å². The Balaban J connectivity index is 1.90. The van der Waals surface area contributed by atoms with Crippen molar-refractivity contribution >= 4 is 27.5 Å². The molecule has 0 saturated heterocycles. The molecule has 3 rings (SSSR count). The van der Waals surface area contributed by atoms with Crippen molar-refractivity contribution in [2.45, 2.75) is 40.7 Å². The van der Waals surface area contributed by atoms with E-state index in [1.807, 2.05) is 18.2 Å². The molecular formula is C19H23NO4S2. The first kappa shape index (κ1) is 18.9. The first-order valence-electron chi connectivity index (χ1n) is 8.54. The third-order valence-corrected chi connectivity index (χ3v) is 7.19. The summed E-state index contributed by atoms with van der Waals surface area (Å²) < 4.78 is 39.1. The molecule has 0 atom stereocenters. The highest BCUT2D eigenvalue weighted by atomic mass is 32.2. The largest absolute Gasteiger partial charge is 0.497 e. The Morgan fingerprint density at radius 2 is 1.77 bits per heavy atom. The van der Waals surface area contributed by atoms with Gasteiger partial charge in [-0.1, -0.05) is 25.0 Å².